The first-order chi connectivity index (χ1) is 81.7. The lowest BCUT2D eigenvalue weighted by atomic mass is 9.67. The number of hydrogen-bond donors (Lipinski definition) is 0. The minimum absolute atomic E-state index is 0.0585. The maximum Gasteiger partial charge on any atom is 0.0727 e. The molecule has 0 saturated carbocycles. The second kappa shape index (κ2) is 35.9. The summed E-state index contributed by atoms with van der Waals surface area (Å²) in [5.74, 6) is 0. The highest BCUT2D eigenvalue weighted by atomic mass is 32.1. The largest absolute Gasteiger partial charge is 0.310 e. The van der Waals surface area contributed by atoms with Crippen LogP contribution in [0.1, 0.15) is 95.5 Å². The van der Waals surface area contributed by atoms with E-state index in [1.54, 1.807) is 34.0 Å². The molecule has 0 saturated heterocycles. The molecule has 3 atom stereocenters. The van der Waals surface area contributed by atoms with Crippen molar-refractivity contribution in [3.8, 4) is 33.4 Å². The predicted molar refractivity (Wildman–Crippen MR) is 626 cm³/mol. The van der Waals surface area contributed by atoms with Crippen molar-refractivity contribution in [1.82, 2.24) is 0 Å². The Morgan fingerprint density at radius 1 is 0.163 bits per heavy atom. The Bertz CT molecular complexity index is 11100. The lowest BCUT2D eigenvalue weighted by molar-refractivity contribution is 0.771. The molecule has 0 fully saturated rings. The van der Waals surface area contributed by atoms with Crippen molar-refractivity contribution in [3.63, 3.8) is 0 Å². The Labute approximate surface area is 895 Å². The third-order valence-corrected chi connectivity index (χ3v) is 32.8. The molecule has 147 heavy (non-hydrogen) atoms. The molecule has 24 aromatic carbocycles. The van der Waals surface area contributed by atoms with Crippen molar-refractivity contribution in [3.05, 3.63) is 630 Å². The van der Waals surface area contributed by atoms with Gasteiger partial charge in [-0.3, -0.25) is 0 Å². The summed E-state index contributed by atoms with van der Waals surface area (Å²) in [4.78, 5) is 6.61. The number of fused-ring (bicyclic) bond motifs is 21. The Balaban J connectivity index is 0.000000117. The second-order valence-electron chi connectivity index (χ2n) is 37.0. The lowest BCUT2D eigenvalue weighted by Crippen LogP contribution is -2.28. The average Bonchev–Trinajstić information content (AvgIpc) is 1.49. The molecule has 0 spiro atoms. The van der Waals surface area contributed by atoms with Gasteiger partial charge in [0.25, 0.3) is 0 Å². The van der Waals surface area contributed by atoms with Crippen LogP contribution in [0.15, 0.2) is 564 Å². The SMILES string of the molecule is [2H]c1c([2H])c([2H])c2c([2H])c(C3(c4ccc5c(c4)sc4ccccc45)c4ccccc4-c4cc(N(c5ccccc5)c5ccccc5)ccc43)c([2H])c([2H])c2c1[2H].[2H]c1c([2H])c([2H])c2c([2H])c(C3(c4ccc5sc6ccccc6c5c4)c4ccccc4-c4cc(N(c5ccccc5)c5ccccc5)ccc43)c([2H])c([2H])c2c1[2H].[2H]c1c([2H])c([2H])c2c([2H])c(C3(c4cccc5c4sc4ccccc45)c4ccccc4-c4cc(N(c5ccccc5)c5ccccc5)ccc43)c([2H])c([2H])c2c1[2H]. The van der Waals surface area contributed by atoms with Crippen LogP contribution in [0.4, 0.5) is 51.2 Å². The summed E-state index contributed by atoms with van der Waals surface area (Å²) in [5, 5.41) is 5.98. The molecule has 0 radical (unpaired) electrons. The number of anilines is 9. The number of hydrogen-bond acceptors (Lipinski definition) is 6. The fourth-order valence-corrected chi connectivity index (χ4v) is 26.6. The first-order valence-electron chi connectivity index (χ1n) is 59.3. The normalized spacial score (nSPS) is 17.0. The molecule has 3 aromatic heterocycles. The topological polar surface area (TPSA) is 9.72 Å². The first kappa shape index (κ1) is 67.6. The average molecular weight is 1950 g/mol. The van der Waals surface area contributed by atoms with Crippen LogP contribution < -0.4 is 14.7 Å². The Kier molecular flexibility index (Phi) is 16.5. The molecule has 3 nitrogen and oxygen atoms in total. The van der Waals surface area contributed by atoms with Gasteiger partial charge in [0.05, 0.1) is 45.0 Å². The Hall–Kier alpha value is -17.9. The molecule has 0 aliphatic heterocycles. The summed E-state index contributed by atoms with van der Waals surface area (Å²) in [7, 11) is 0. The summed E-state index contributed by atoms with van der Waals surface area (Å²) in [6.07, 6.45) is 0. The highest BCUT2D eigenvalue weighted by Crippen LogP contribution is 2.64. The molecule has 30 rings (SSSR count). The van der Waals surface area contributed by atoms with Crippen LogP contribution in [-0.4, -0.2) is 0 Å². The van der Waals surface area contributed by atoms with Crippen molar-refractivity contribution < 1.29 is 28.8 Å². The highest BCUT2D eigenvalue weighted by Gasteiger charge is 2.51. The smallest absolute Gasteiger partial charge is 0.0727 e. The molecule has 0 amide bonds. The number of para-hydroxylation sites is 6. The molecule has 3 unspecified atom stereocenters. The van der Waals surface area contributed by atoms with E-state index in [0.29, 0.717) is 0 Å². The van der Waals surface area contributed by atoms with Gasteiger partial charge in [0.2, 0.25) is 0 Å². The number of rotatable bonds is 15. The molecule has 27 aromatic rings. The van der Waals surface area contributed by atoms with Crippen molar-refractivity contribution in [2.75, 3.05) is 14.7 Å². The van der Waals surface area contributed by atoms with E-state index in [0.717, 1.165) is 195 Å². The van der Waals surface area contributed by atoms with E-state index in [-0.39, 0.29) is 115 Å². The number of benzene rings is 24. The van der Waals surface area contributed by atoms with Crippen LogP contribution in [0.3, 0.4) is 0 Å². The first-order valence-corrected chi connectivity index (χ1v) is 51.3. The van der Waals surface area contributed by atoms with E-state index in [1.165, 1.54) is 0 Å². The van der Waals surface area contributed by atoms with Gasteiger partial charge in [0, 0.05) is 112 Å². The van der Waals surface area contributed by atoms with Gasteiger partial charge in [-0.15, -0.1) is 34.0 Å². The predicted octanol–water partition coefficient (Wildman–Crippen LogP) is 39.1. The van der Waals surface area contributed by atoms with Crippen LogP contribution in [0, 0.1) is 0 Å². The van der Waals surface area contributed by atoms with E-state index >= 15 is 0 Å². The van der Waals surface area contributed by atoms with Crippen LogP contribution in [-0.2, 0) is 16.2 Å². The number of nitrogens with zero attached hydrogens (tertiary/aromatic N) is 3. The monoisotopic (exact) mass is 1940 g/mol. The summed E-state index contributed by atoms with van der Waals surface area (Å²) in [5.41, 5.74) is 18.3. The maximum atomic E-state index is 10.00. The zero-order chi connectivity index (χ0) is 115. The van der Waals surface area contributed by atoms with Gasteiger partial charge in [0.15, 0.2) is 0 Å². The van der Waals surface area contributed by atoms with E-state index in [4.69, 9.17) is 16.4 Å². The van der Waals surface area contributed by atoms with Crippen molar-refractivity contribution in [2.45, 2.75) is 16.2 Å². The summed E-state index contributed by atoms with van der Waals surface area (Å²) in [6, 6.07) is 140. The van der Waals surface area contributed by atoms with Gasteiger partial charge in [-0.25, -0.2) is 0 Å². The molecule has 0 bridgehead atoms. The highest BCUT2D eigenvalue weighted by molar-refractivity contribution is 7.26. The van der Waals surface area contributed by atoms with Gasteiger partial charge in [-0.2, -0.15) is 0 Å². The maximum absolute atomic E-state index is 10.00. The van der Waals surface area contributed by atoms with Crippen LogP contribution >= 0.6 is 34.0 Å². The van der Waals surface area contributed by atoms with Crippen molar-refractivity contribution >= 4 is 178 Å². The molecule has 3 heterocycles. The van der Waals surface area contributed by atoms with Crippen LogP contribution in [0.25, 0.3) is 126 Å². The summed E-state index contributed by atoms with van der Waals surface area (Å²) >= 11 is 5.03. The Morgan fingerprint density at radius 2 is 0.449 bits per heavy atom. The molecular formula is C141H93N3S3. The molecule has 6 heteroatoms. The van der Waals surface area contributed by atoms with E-state index < -0.39 is 76.7 Å². The van der Waals surface area contributed by atoms with Crippen molar-refractivity contribution in [2.24, 2.45) is 0 Å². The van der Waals surface area contributed by atoms with Crippen molar-refractivity contribution in [1.29, 1.82) is 0 Å². The molecular weight excluding hydrogens is 1830 g/mol. The zero-order valence-corrected chi connectivity index (χ0v) is 81.1. The molecule has 3 aliphatic rings. The van der Waals surface area contributed by atoms with E-state index in [1.807, 2.05) is 206 Å². The van der Waals surface area contributed by atoms with Gasteiger partial charge < -0.3 is 14.7 Å². The van der Waals surface area contributed by atoms with Gasteiger partial charge in [-0.05, 0) is 296 Å². The molecule has 0 N–H and O–H groups in total. The minimum atomic E-state index is -1.32. The minimum Gasteiger partial charge on any atom is -0.310 e. The molecule has 690 valence electrons. The van der Waals surface area contributed by atoms with Crippen LogP contribution in [0.5, 0.6) is 0 Å². The third-order valence-electron chi connectivity index (χ3n) is 29.3. The number of thiophene rings is 3. The standard InChI is InChI=1S/3C47H31NS/c1-3-16-35(17-4-1)48(36-18-5-2-6-19-36)37-28-29-43-41(31-37)38-20-9-11-23-42(38)47(43,34-27-26-32-14-7-8-15-33(32)30-34)44-24-13-22-40-39-21-10-12-25-45(39)49-46(40)44;1-3-15-36(16-4-1)48(37-17-5-2-6-18-37)38-26-27-44-41(31-38)39-19-9-11-21-43(39)47(44,34-24-23-32-13-7-8-14-33(32)29-34)35-25-28-46-42(30-35)40-20-10-12-22-45(40)49-46;1-3-15-36(16-4-1)48(37-17-5-2-6-18-37)38-26-28-44-42(31-38)39-19-9-11-21-43(39)47(44,34-24-23-32-13-7-8-14-33(32)29-34)35-25-27-41-40-20-10-12-22-45(40)49-46(41)30-35/h3*1-31H/i7D,8D,14D,15D,26D,27D,30D;2*7D,8D,13D,14D,23D,24D,29D. The van der Waals surface area contributed by atoms with Crippen LogP contribution in [0.2, 0.25) is 0 Å². The third kappa shape index (κ3) is 14.2. The quantitative estimate of drug-likeness (QED) is 0.101. The zero-order valence-electron chi connectivity index (χ0n) is 99.6. The summed E-state index contributed by atoms with van der Waals surface area (Å²) in [6.45, 7) is 0. The van der Waals surface area contributed by atoms with E-state index in [9.17, 15) is 12.3 Å². The van der Waals surface area contributed by atoms with Gasteiger partial charge in [0.1, 0.15) is 0 Å². The Morgan fingerprint density at radius 3 is 0.864 bits per heavy atom. The lowest BCUT2D eigenvalue weighted by Gasteiger charge is -2.35. The van der Waals surface area contributed by atoms with Gasteiger partial charge in [-0.1, -0.05) is 400 Å². The van der Waals surface area contributed by atoms with Gasteiger partial charge >= 0.3 is 0 Å². The second-order valence-corrected chi connectivity index (χ2v) is 40.2. The molecule has 3 aliphatic carbocycles. The fraction of sp³-hybridized carbons (Fsp3) is 0.0213. The fourth-order valence-electron chi connectivity index (χ4n) is 23.0. The van der Waals surface area contributed by atoms with E-state index in [2.05, 4.69) is 245 Å². The summed E-state index contributed by atoms with van der Waals surface area (Å²) < 4.78 is 198.